The Morgan fingerprint density at radius 2 is 1.54 bits per heavy atom. The Morgan fingerprint density at radius 3 is 2.19 bits per heavy atom. The molecule has 0 atom stereocenters. The molecule has 0 unspecified atom stereocenters. The smallest absolute Gasteiger partial charge is 0.338 e. The van der Waals surface area contributed by atoms with Gasteiger partial charge in [-0.3, -0.25) is 0 Å². The molecule has 0 aliphatic carbocycles. The zero-order valence-corrected chi connectivity index (χ0v) is 16.0. The number of aryl methyl sites for hydroxylation is 1. The van der Waals surface area contributed by atoms with Gasteiger partial charge in [-0.25, -0.2) is 14.8 Å². The maximum atomic E-state index is 12.0. The summed E-state index contributed by atoms with van der Waals surface area (Å²) in [5.41, 5.74) is 2.65. The fraction of sp³-hybridized carbons (Fsp3) is 0.500. The number of unbranched alkanes of at least 4 members (excludes halogenated alkanes) is 5. The topological polar surface area (TPSA) is 52.1 Å². The lowest BCUT2D eigenvalue weighted by Crippen LogP contribution is -2.06. The van der Waals surface area contributed by atoms with Crippen molar-refractivity contribution in [2.75, 3.05) is 6.61 Å². The van der Waals surface area contributed by atoms with Gasteiger partial charge in [-0.2, -0.15) is 0 Å². The Hall–Kier alpha value is -2.23. The first-order chi connectivity index (χ1) is 12.7. The monoisotopic (exact) mass is 354 g/mol. The number of ether oxygens (including phenoxy) is 1. The maximum Gasteiger partial charge on any atom is 0.338 e. The fourth-order valence-corrected chi connectivity index (χ4v) is 2.74. The van der Waals surface area contributed by atoms with Crippen molar-refractivity contribution in [3.05, 3.63) is 47.8 Å². The van der Waals surface area contributed by atoms with E-state index in [-0.39, 0.29) is 5.97 Å². The third kappa shape index (κ3) is 6.58. The van der Waals surface area contributed by atoms with Gasteiger partial charge in [-0.1, -0.05) is 58.1 Å². The first kappa shape index (κ1) is 20.1. The van der Waals surface area contributed by atoms with Crippen molar-refractivity contribution in [1.29, 1.82) is 0 Å². The number of hydrogen-bond acceptors (Lipinski definition) is 4. The van der Waals surface area contributed by atoms with Crippen LogP contribution >= 0.6 is 0 Å². The first-order valence-electron chi connectivity index (χ1n) is 9.83. The van der Waals surface area contributed by atoms with Gasteiger partial charge in [0.15, 0.2) is 5.82 Å². The molecule has 2 aromatic rings. The molecule has 0 bridgehead atoms. The zero-order chi connectivity index (χ0) is 18.6. The average Bonchev–Trinajstić information content (AvgIpc) is 2.68. The van der Waals surface area contributed by atoms with Crippen LogP contribution in [0.15, 0.2) is 36.7 Å². The van der Waals surface area contributed by atoms with Crippen LogP contribution < -0.4 is 0 Å². The van der Waals surface area contributed by atoms with E-state index in [4.69, 9.17) is 4.74 Å². The molecule has 0 aliphatic heterocycles. The Bertz CT molecular complexity index is 651. The SMILES string of the molecule is CCCCCCOC(=O)c1ccc(-c2ncc(CCCCC)cn2)cc1. The number of nitrogens with zero attached hydrogens (tertiary/aromatic N) is 2. The third-order valence-corrected chi connectivity index (χ3v) is 4.38. The second-order valence-corrected chi connectivity index (χ2v) is 6.65. The van der Waals surface area contributed by atoms with Gasteiger partial charge in [-0.05, 0) is 37.0 Å². The average molecular weight is 354 g/mol. The van der Waals surface area contributed by atoms with E-state index in [2.05, 4.69) is 23.8 Å². The summed E-state index contributed by atoms with van der Waals surface area (Å²) < 4.78 is 5.31. The first-order valence-corrected chi connectivity index (χ1v) is 9.83. The summed E-state index contributed by atoms with van der Waals surface area (Å²) in [5.74, 6) is 0.420. The summed E-state index contributed by atoms with van der Waals surface area (Å²) in [6, 6.07) is 7.31. The molecule has 1 aromatic carbocycles. The maximum absolute atomic E-state index is 12.0. The molecule has 0 radical (unpaired) electrons. The summed E-state index contributed by atoms with van der Waals surface area (Å²) in [6.45, 7) is 4.85. The molecular formula is C22H30N2O2. The number of hydrogen-bond donors (Lipinski definition) is 0. The van der Waals surface area contributed by atoms with E-state index in [0.29, 0.717) is 18.0 Å². The summed E-state index contributed by atoms with van der Waals surface area (Å²) in [4.78, 5) is 20.9. The lowest BCUT2D eigenvalue weighted by Gasteiger charge is -2.06. The number of aromatic nitrogens is 2. The summed E-state index contributed by atoms with van der Waals surface area (Å²) in [5, 5.41) is 0. The van der Waals surface area contributed by atoms with E-state index in [0.717, 1.165) is 24.8 Å². The molecule has 140 valence electrons. The van der Waals surface area contributed by atoms with Crippen molar-refractivity contribution in [3.63, 3.8) is 0 Å². The Kier molecular flexibility index (Phi) is 8.81. The van der Waals surface area contributed by atoms with Crippen LogP contribution in [0.2, 0.25) is 0 Å². The van der Waals surface area contributed by atoms with E-state index < -0.39 is 0 Å². The Balaban J connectivity index is 1.87. The van der Waals surface area contributed by atoms with E-state index in [9.17, 15) is 4.79 Å². The van der Waals surface area contributed by atoms with Gasteiger partial charge in [0.25, 0.3) is 0 Å². The summed E-state index contributed by atoms with van der Waals surface area (Å²) >= 11 is 0. The highest BCUT2D eigenvalue weighted by Crippen LogP contribution is 2.16. The molecule has 4 heteroatoms. The molecular weight excluding hydrogens is 324 g/mol. The minimum Gasteiger partial charge on any atom is -0.462 e. The number of rotatable bonds is 11. The van der Waals surface area contributed by atoms with E-state index in [1.54, 1.807) is 12.1 Å². The second-order valence-electron chi connectivity index (χ2n) is 6.65. The molecule has 1 aromatic heterocycles. The van der Waals surface area contributed by atoms with Crippen LogP contribution in [-0.4, -0.2) is 22.5 Å². The van der Waals surface area contributed by atoms with Crippen LogP contribution in [0.5, 0.6) is 0 Å². The zero-order valence-electron chi connectivity index (χ0n) is 16.0. The molecule has 0 saturated heterocycles. The molecule has 0 N–H and O–H groups in total. The number of carbonyl (C=O) groups excluding carboxylic acids is 1. The minimum atomic E-state index is -0.264. The molecule has 26 heavy (non-hydrogen) atoms. The number of benzene rings is 1. The van der Waals surface area contributed by atoms with Crippen molar-refractivity contribution in [3.8, 4) is 11.4 Å². The highest BCUT2D eigenvalue weighted by molar-refractivity contribution is 5.89. The van der Waals surface area contributed by atoms with Crippen LogP contribution in [0.3, 0.4) is 0 Å². The summed E-state index contributed by atoms with van der Waals surface area (Å²) in [7, 11) is 0. The van der Waals surface area contributed by atoms with Crippen LogP contribution in [0, 0.1) is 0 Å². The van der Waals surface area contributed by atoms with Crippen molar-refractivity contribution >= 4 is 5.97 Å². The predicted molar refractivity (Wildman–Crippen MR) is 105 cm³/mol. The van der Waals surface area contributed by atoms with Gasteiger partial charge < -0.3 is 4.74 Å². The van der Waals surface area contributed by atoms with Crippen molar-refractivity contribution in [2.45, 2.75) is 65.2 Å². The van der Waals surface area contributed by atoms with Crippen molar-refractivity contribution < 1.29 is 9.53 Å². The molecule has 0 spiro atoms. The molecule has 0 aliphatic rings. The van der Waals surface area contributed by atoms with Crippen LogP contribution in [0.4, 0.5) is 0 Å². The van der Waals surface area contributed by atoms with Gasteiger partial charge in [0.1, 0.15) is 0 Å². The third-order valence-electron chi connectivity index (χ3n) is 4.38. The van der Waals surface area contributed by atoms with Gasteiger partial charge in [0.2, 0.25) is 0 Å². The van der Waals surface area contributed by atoms with Gasteiger partial charge in [-0.15, -0.1) is 0 Å². The van der Waals surface area contributed by atoms with Crippen LogP contribution in [-0.2, 0) is 11.2 Å². The van der Waals surface area contributed by atoms with Gasteiger partial charge >= 0.3 is 5.97 Å². The molecule has 2 rings (SSSR count). The molecule has 1 heterocycles. The predicted octanol–water partition coefficient (Wildman–Crippen LogP) is 5.61. The normalized spacial score (nSPS) is 10.7. The molecule has 0 fully saturated rings. The quantitative estimate of drug-likeness (QED) is 0.388. The Morgan fingerprint density at radius 1 is 0.885 bits per heavy atom. The Labute approximate surface area is 157 Å². The van der Waals surface area contributed by atoms with Crippen LogP contribution in [0.1, 0.15) is 74.7 Å². The lowest BCUT2D eigenvalue weighted by atomic mass is 10.1. The van der Waals surface area contributed by atoms with E-state index in [1.807, 2.05) is 24.5 Å². The van der Waals surface area contributed by atoms with E-state index in [1.165, 1.54) is 37.7 Å². The number of esters is 1. The van der Waals surface area contributed by atoms with Gasteiger partial charge in [0.05, 0.1) is 12.2 Å². The fourth-order valence-electron chi connectivity index (χ4n) is 2.74. The largest absolute Gasteiger partial charge is 0.462 e. The minimum absolute atomic E-state index is 0.264. The lowest BCUT2D eigenvalue weighted by molar-refractivity contribution is 0.0498. The van der Waals surface area contributed by atoms with Gasteiger partial charge in [0, 0.05) is 18.0 Å². The second kappa shape index (κ2) is 11.4. The summed E-state index contributed by atoms with van der Waals surface area (Å²) in [6.07, 6.45) is 12.8. The van der Waals surface area contributed by atoms with Crippen molar-refractivity contribution in [2.24, 2.45) is 0 Å². The highest BCUT2D eigenvalue weighted by atomic mass is 16.5. The molecule has 0 amide bonds. The van der Waals surface area contributed by atoms with Crippen LogP contribution in [0.25, 0.3) is 11.4 Å². The molecule has 4 nitrogen and oxygen atoms in total. The van der Waals surface area contributed by atoms with E-state index >= 15 is 0 Å². The molecule has 0 saturated carbocycles. The number of carbonyl (C=O) groups is 1. The highest BCUT2D eigenvalue weighted by Gasteiger charge is 2.08. The van der Waals surface area contributed by atoms with Crippen molar-refractivity contribution in [1.82, 2.24) is 9.97 Å². The standard InChI is InChI=1S/C22H30N2O2/c1-3-5-7-9-15-26-22(25)20-13-11-19(12-14-20)21-23-16-18(17-24-21)10-8-6-4-2/h11-14,16-17H,3-10,15H2,1-2H3.